The Morgan fingerprint density at radius 1 is 0.976 bits per heavy atom. The number of rotatable bonds is 11. The third-order valence-electron chi connectivity index (χ3n) is 7.91. The molecule has 2 atom stereocenters. The van der Waals surface area contributed by atoms with E-state index >= 15 is 4.39 Å². The van der Waals surface area contributed by atoms with Gasteiger partial charge in [0, 0.05) is 29.6 Å². The van der Waals surface area contributed by atoms with Crippen LogP contribution in [0.3, 0.4) is 0 Å². The van der Waals surface area contributed by atoms with Gasteiger partial charge in [-0.15, -0.1) is 0 Å². The van der Waals surface area contributed by atoms with Gasteiger partial charge in [-0.2, -0.15) is 0 Å². The van der Waals surface area contributed by atoms with Crippen LogP contribution in [0.15, 0.2) is 79.0 Å². The lowest BCUT2D eigenvalue weighted by molar-refractivity contribution is -0.136. The van der Waals surface area contributed by atoms with Crippen molar-refractivity contribution in [2.45, 2.75) is 44.9 Å². The minimum atomic E-state index is -0.959. The van der Waals surface area contributed by atoms with Crippen LogP contribution in [0.5, 0.6) is 5.75 Å². The van der Waals surface area contributed by atoms with E-state index in [-0.39, 0.29) is 36.5 Å². The topological polar surface area (TPSA) is 91.4 Å². The Morgan fingerprint density at radius 3 is 2.40 bits per heavy atom. The number of carboxylic acid groups (broad SMARTS) is 1. The molecule has 3 N–H and O–H groups in total. The summed E-state index contributed by atoms with van der Waals surface area (Å²) >= 11 is 0. The van der Waals surface area contributed by atoms with Crippen molar-refractivity contribution in [1.82, 2.24) is 10.3 Å². The minimum absolute atomic E-state index is 0.0393. The van der Waals surface area contributed by atoms with Gasteiger partial charge >= 0.3 is 5.97 Å². The molecule has 0 aliphatic carbocycles. The van der Waals surface area contributed by atoms with E-state index in [1.165, 1.54) is 0 Å². The van der Waals surface area contributed by atoms with Crippen LogP contribution in [0.2, 0.25) is 0 Å². The second kappa shape index (κ2) is 12.5. The predicted octanol–water partition coefficient (Wildman–Crippen LogP) is 7.70. The van der Waals surface area contributed by atoms with E-state index in [4.69, 9.17) is 9.84 Å². The minimum Gasteiger partial charge on any atom is -0.497 e. The van der Waals surface area contributed by atoms with Crippen LogP contribution in [0, 0.1) is 12.7 Å². The summed E-state index contributed by atoms with van der Waals surface area (Å²) in [5, 5.41) is 14.6. The summed E-state index contributed by atoms with van der Waals surface area (Å²) in [5.74, 6) is -0.798. The quantitative estimate of drug-likeness (QED) is 0.153. The van der Waals surface area contributed by atoms with E-state index < -0.39 is 5.97 Å². The first-order chi connectivity index (χ1) is 20.3. The second-order valence-corrected chi connectivity index (χ2v) is 10.8. The molecule has 7 heteroatoms. The lowest BCUT2D eigenvalue weighted by Crippen LogP contribution is -2.26. The highest BCUT2D eigenvalue weighted by atomic mass is 19.1. The lowest BCUT2D eigenvalue weighted by atomic mass is 9.74. The van der Waals surface area contributed by atoms with Gasteiger partial charge in [-0.05, 0) is 88.7 Å². The molecule has 0 spiro atoms. The number of hydrogen-bond donors (Lipinski definition) is 3. The van der Waals surface area contributed by atoms with E-state index in [1.807, 2.05) is 43.5 Å². The van der Waals surface area contributed by atoms with Gasteiger partial charge in [0.2, 0.25) is 0 Å². The Balaban J connectivity index is 1.60. The van der Waals surface area contributed by atoms with Crippen LogP contribution in [0.4, 0.5) is 4.39 Å². The monoisotopic (exact) mass is 566 g/mol. The number of aliphatic carboxylic acids is 1. The predicted molar refractivity (Wildman–Crippen MR) is 164 cm³/mol. The molecule has 216 valence electrons. The van der Waals surface area contributed by atoms with Crippen molar-refractivity contribution in [2.24, 2.45) is 0 Å². The summed E-state index contributed by atoms with van der Waals surface area (Å²) in [4.78, 5) is 26.6. The molecule has 0 saturated carbocycles. The second-order valence-electron chi connectivity index (χ2n) is 10.8. The number of aromatic amines is 1. The molecule has 6 nitrogen and oxygen atoms in total. The molecule has 2 unspecified atom stereocenters. The van der Waals surface area contributed by atoms with Crippen molar-refractivity contribution < 1.29 is 23.8 Å². The SMILES string of the molecule is CCCC(c1ccc(C(=O)NCCC(=O)O)cc1)C(c1ccc2cc(OC)ccc2c1)c1c[nH]c2c(F)cc(C)cc12. The van der Waals surface area contributed by atoms with Crippen LogP contribution < -0.4 is 10.1 Å². The number of carbonyl (C=O) groups excluding carboxylic acids is 1. The molecular formula is C35H35FN2O4. The summed E-state index contributed by atoms with van der Waals surface area (Å²) in [7, 11) is 1.66. The number of H-pyrrole nitrogens is 1. The summed E-state index contributed by atoms with van der Waals surface area (Å²) in [5.41, 5.74) is 5.03. The molecule has 0 fully saturated rings. The number of nitrogens with one attached hydrogen (secondary N) is 2. The standard InChI is InChI=1S/C35H35FN2O4/c1-4-5-28(22-6-8-23(9-7-22)35(41)37-15-14-32(39)40)33(30-20-38-34-29(30)16-21(2)17-31(34)36)26-11-10-25-19-27(42-3)13-12-24(25)18-26/h6-13,16-20,28,33,38H,4-5,14-15H2,1-3H3,(H,37,41)(H,39,40). The molecule has 0 bridgehead atoms. The summed E-state index contributed by atoms with van der Waals surface area (Å²) in [6.07, 6.45) is 3.60. The third-order valence-corrected chi connectivity index (χ3v) is 7.91. The first kappa shape index (κ1) is 28.9. The fraction of sp³-hybridized carbons (Fsp3) is 0.257. The molecule has 1 amide bonds. The molecule has 0 aliphatic heterocycles. The number of carboxylic acids is 1. The molecule has 1 heterocycles. The Bertz CT molecular complexity index is 1740. The zero-order chi connectivity index (χ0) is 29.8. The van der Waals surface area contributed by atoms with Gasteiger partial charge in [-0.1, -0.05) is 49.7 Å². The molecule has 42 heavy (non-hydrogen) atoms. The Labute approximate surface area is 244 Å². The smallest absolute Gasteiger partial charge is 0.305 e. The average Bonchev–Trinajstić information content (AvgIpc) is 3.40. The van der Waals surface area contributed by atoms with Crippen LogP contribution >= 0.6 is 0 Å². The number of carbonyl (C=O) groups is 2. The lowest BCUT2D eigenvalue weighted by Gasteiger charge is -2.29. The van der Waals surface area contributed by atoms with Gasteiger partial charge in [0.15, 0.2) is 0 Å². The molecular weight excluding hydrogens is 531 g/mol. The van der Waals surface area contributed by atoms with Crippen LogP contribution in [0.1, 0.15) is 70.6 Å². The number of amides is 1. The number of hydrogen-bond acceptors (Lipinski definition) is 3. The molecule has 0 saturated heterocycles. The van der Waals surface area contributed by atoms with E-state index in [2.05, 4.69) is 41.5 Å². The van der Waals surface area contributed by atoms with Crippen molar-refractivity contribution in [2.75, 3.05) is 13.7 Å². The first-order valence-electron chi connectivity index (χ1n) is 14.2. The van der Waals surface area contributed by atoms with E-state index in [1.54, 1.807) is 25.3 Å². The maximum Gasteiger partial charge on any atom is 0.305 e. The van der Waals surface area contributed by atoms with Gasteiger partial charge in [0.05, 0.1) is 19.0 Å². The highest BCUT2D eigenvalue weighted by Gasteiger charge is 2.29. The van der Waals surface area contributed by atoms with Gasteiger partial charge in [0.25, 0.3) is 5.91 Å². The van der Waals surface area contributed by atoms with E-state index in [0.717, 1.165) is 57.0 Å². The summed E-state index contributed by atoms with van der Waals surface area (Å²) in [6.45, 7) is 4.13. The third kappa shape index (κ3) is 6.00. The number of aromatic nitrogens is 1. The van der Waals surface area contributed by atoms with Crippen LogP contribution in [-0.4, -0.2) is 35.6 Å². The van der Waals surface area contributed by atoms with E-state index in [9.17, 15) is 9.59 Å². The molecule has 0 aliphatic rings. The van der Waals surface area contributed by atoms with Crippen LogP contribution in [0.25, 0.3) is 21.7 Å². The number of halogens is 1. The fourth-order valence-corrected chi connectivity index (χ4v) is 5.90. The van der Waals surface area contributed by atoms with Crippen molar-refractivity contribution in [3.63, 3.8) is 0 Å². The average molecular weight is 567 g/mol. The number of ether oxygens (including phenoxy) is 1. The number of aryl methyl sites for hydroxylation is 1. The van der Waals surface area contributed by atoms with Crippen molar-refractivity contribution in [3.8, 4) is 5.75 Å². The zero-order valence-corrected chi connectivity index (χ0v) is 24.0. The highest BCUT2D eigenvalue weighted by Crippen LogP contribution is 2.45. The van der Waals surface area contributed by atoms with Gasteiger partial charge in [0.1, 0.15) is 11.6 Å². The normalized spacial score (nSPS) is 12.8. The van der Waals surface area contributed by atoms with Crippen molar-refractivity contribution in [3.05, 3.63) is 113 Å². The largest absolute Gasteiger partial charge is 0.497 e. The summed E-state index contributed by atoms with van der Waals surface area (Å²) in [6, 6.07) is 23.6. The fourth-order valence-electron chi connectivity index (χ4n) is 5.90. The Hall–Kier alpha value is -4.65. The highest BCUT2D eigenvalue weighted by molar-refractivity contribution is 5.94. The zero-order valence-electron chi connectivity index (χ0n) is 24.0. The van der Waals surface area contributed by atoms with Crippen molar-refractivity contribution >= 4 is 33.6 Å². The summed E-state index contributed by atoms with van der Waals surface area (Å²) < 4.78 is 20.4. The maximum atomic E-state index is 15.0. The number of fused-ring (bicyclic) bond motifs is 2. The number of benzene rings is 4. The Morgan fingerprint density at radius 2 is 1.69 bits per heavy atom. The van der Waals surface area contributed by atoms with Gasteiger partial charge in [-0.25, -0.2) is 4.39 Å². The van der Waals surface area contributed by atoms with E-state index in [0.29, 0.717) is 11.1 Å². The molecule has 0 radical (unpaired) electrons. The molecule has 5 aromatic rings. The van der Waals surface area contributed by atoms with Crippen molar-refractivity contribution in [1.29, 1.82) is 0 Å². The Kier molecular flexibility index (Phi) is 8.57. The molecule has 5 rings (SSSR count). The van der Waals surface area contributed by atoms with Gasteiger partial charge in [-0.3, -0.25) is 9.59 Å². The molecule has 1 aromatic heterocycles. The van der Waals surface area contributed by atoms with Crippen LogP contribution in [-0.2, 0) is 4.79 Å². The maximum absolute atomic E-state index is 15.0. The first-order valence-corrected chi connectivity index (χ1v) is 14.2. The molecule has 4 aromatic carbocycles. The number of methoxy groups -OCH3 is 1. The van der Waals surface area contributed by atoms with Gasteiger partial charge < -0.3 is 20.1 Å².